The highest BCUT2D eigenvalue weighted by Gasteiger charge is 2.23. The summed E-state index contributed by atoms with van der Waals surface area (Å²) < 4.78 is 1.58. The molecule has 0 N–H and O–H groups in total. The molecule has 1 aromatic heterocycles. The Morgan fingerprint density at radius 3 is 3.07 bits per heavy atom. The molecule has 1 aromatic rings. The van der Waals surface area contributed by atoms with Gasteiger partial charge in [-0.3, -0.25) is 4.79 Å². The molecule has 0 radical (unpaired) electrons. The van der Waals surface area contributed by atoms with Crippen molar-refractivity contribution in [3.05, 3.63) is 28.7 Å². The summed E-state index contributed by atoms with van der Waals surface area (Å²) in [4.78, 5) is 13.7. The van der Waals surface area contributed by atoms with Gasteiger partial charge in [0, 0.05) is 43.5 Å². The van der Waals surface area contributed by atoms with Gasteiger partial charge in [0.05, 0.1) is 0 Å². The fourth-order valence-electron chi connectivity index (χ4n) is 2.05. The molecular formula is C11H15ClN2O. The summed E-state index contributed by atoms with van der Waals surface area (Å²) in [5, 5.41) is 0. The van der Waals surface area contributed by atoms with Crippen molar-refractivity contribution in [2.45, 2.75) is 18.9 Å². The van der Waals surface area contributed by atoms with Crippen LogP contribution in [0.25, 0.3) is 0 Å². The molecule has 1 saturated heterocycles. The Bertz CT molecular complexity index is 402. The number of aromatic nitrogens is 1. The monoisotopic (exact) mass is 226 g/mol. The molecule has 1 aliphatic rings. The smallest absolute Gasteiger partial charge is 0.252 e. The zero-order valence-electron chi connectivity index (χ0n) is 8.82. The van der Waals surface area contributed by atoms with E-state index in [2.05, 4.69) is 4.90 Å². The third-order valence-corrected chi connectivity index (χ3v) is 3.33. The van der Waals surface area contributed by atoms with Gasteiger partial charge in [0.25, 0.3) is 5.56 Å². The van der Waals surface area contributed by atoms with E-state index in [1.54, 1.807) is 23.9 Å². The van der Waals surface area contributed by atoms with E-state index in [-0.39, 0.29) is 5.56 Å². The van der Waals surface area contributed by atoms with Gasteiger partial charge in [-0.1, -0.05) is 0 Å². The average Bonchev–Trinajstić information content (AvgIpc) is 2.70. The summed E-state index contributed by atoms with van der Waals surface area (Å²) in [5.74, 6) is 0.634. The van der Waals surface area contributed by atoms with Crippen LogP contribution in [0.15, 0.2) is 23.1 Å². The van der Waals surface area contributed by atoms with Crippen molar-refractivity contribution >= 4 is 17.3 Å². The first-order chi connectivity index (χ1) is 7.22. The molecule has 1 aliphatic heterocycles. The second-order valence-corrected chi connectivity index (χ2v) is 4.29. The Labute approximate surface area is 94.3 Å². The van der Waals surface area contributed by atoms with E-state index in [9.17, 15) is 4.79 Å². The maximum absolute atomic E-state index is 11.5. The van der Waals surface area contributed by atoms with Crippen LogP contribution in [0, 0.1) is 0 Å². The summed E-state index contributed by atoms with van der Waals surface area (Å²) in [7, 11) is 1.76. The van der Waals surface area contributed by atoms with Crippen molar-refractivity contribution in [3.8, 4) is 0 Å². The predicted octanol–water partition coefficient (Wildman–Crippen LogP) is 1.59. The van der Waals surface area contributed by atoms with Gasteiger partial charge < -0.3 is 9.47 Å². The van der Waals surface area contributed by atoms with Crippen LogP contribution in [0.5, 0.6) is 0 Å². The van der Waals surface area contributed by atoms with Crippen LogP contribution in [0.1, 0.15) is 12.8 Å². The molecule has 2 rings (SSSR count). The molecule has 0 spiro atoms. The minimum absolute atomic E-state index is 0.0349. The number of anilines is 1. The molecule has 1 fully saturated rings. The summed E-state index contributed by atoms with van der Waals surface area (Å²) in [6.07, 6.45) is 4.09. The molecule has 82 valence electrons. The predicted molar refractivity (Wildman–Crippen MR) is 62.8 cm³/mol. The highest BCUT2D eigenvalue weighted by molar-refractivity contribution is 6.18. The SMILES string of the molecule is Cn1ccc(N2CCCC2CCl)cc1=O. The lowest BCUT2D eigenvalue weighted by atomic mass is 10.2. The Morgan fingerprint density at radius 1 is 1.60 bits per heavy atom. The summed E-state index contributed by atoms with van der Waals surface area (Å²) in [6, 6.07) is 4.05. The summed E-state index contributed by atoms with van der Waals surface area (Å²) in [6.45, 7) is 1.00. The minimum Gasteiger partial charge on any atom is -0.367 e. The minimum atomic E-state index is 0.0349. The normalized spacial score (nSPS) is 20.9. The average molecular weight is 227 g/mol. The van der Waals surface area contributed by atoms with E-state index in [0.717, 1.165) is 25.1 Å². The molecule has 0 bridgehead atoms. The number of hydrogen-bond acceptors (Lipinski definition) is 2. The molecule has 0 amide bonds. The van der Waals surface area contributed by atoms with Crippen LogP contribution in [0.3, 0.4) is 0 Å². The molecule has 1 unspecified atom stereocenters. The Morgan fingerprint density at radius 2 is 2.40 bits per heavy atom. The highest BCUT2D eigenvalue weighted by Crippen LogP contribution is 2.24. The second kappa shape index (κ2) is 4.27. The molecule has 0 aliphatic carbocycles. The van der Waals surface area contributed by atoms with Crippen molar-refractivity contribution in [2.75, 3.05) is 17.3 Å². The lowest BCUT2D eigenvalue weighted by Crippen LogP contribution is -2.31. The van der Waals surface area contributed by atoms with Gasteiger partial charge in [-0.25, -0.2) is 0 Å². The summed E-state index contributed by atoms with van der Waals surface area (Å²) in [5.41, 5.74) is 1.04. The molecule has 0 aromatic carbocycles. The molecule has 1 atom stereocenters. The molecule has 0 saturated carbocycles. The number of rotatable bonds is 2. The Balaban J connectivity index is 2.29. The van der Waals surface area contributed by atoms with E-state index in [1.807, 2.05) is 6.07 Å². The molecule has 4 heteroatoms. The van der Waals surface area contributed by atoms with E-state index in [0.29, 0.717) is 11.9 Å². The van der Waals surface area contributed by atoms with Gasteiger partial charge in [0.1, 0.15) is 0 Å². The van der Waals surface area contributed by atoms with Gasteiger partial charge in [0.15, 0.2) is 0 Å². The van der Waals surface area contributed by atoms with E-state index in [4.69, 9.17) is 11.6 Å². The van der Waals surface area contributed by atoms with Crippen LogP contribution < -0.4 is 10.5 Å². The largest absolute Gasteiger partial charge is 0.367 e. The van der Waals surface area contributed by atoms with Crippen LogP contribution >= 0.6 is 11.6 Å². The lowest BCUT2D eigenvalue weighted by molar-refractivity contribution is 0.738. The number of hydrogen-bond donors (Lipinski definition) is 0. The number of nitrogens with zero attached hydrogens (tertiary/aromatic N) is 2. The van der Waals surface area contributed by atoms with Crippen molar-refractivity contribution in [2.24, 2.45) is 7.05 Å². The van der Waals surface area contributed by atoms with Crippen LogP contribution in [0.4, 0.5) is 5.69 Å². The molecule has 15 heavy (non-hydrogen) atoms. The quantitative estimate of drug-likeness (QED) is 0.716. The van der Waals surface area contributed by atoms with Gasteiger partial charge in [0.2, 0.25) is 0 Å². The molecule has 3 nitrogen and oxygen atoms in total. The van der Waals surface area contributed by atoms with Crippen LogP contribution in [-0.2, 0) is 7.05 Å². The second-order valence-electron chi connectivity index (χ2n) is 3.98. The van der Waals surface area contributed by atoms with Crippen LogP contribution in [-0.4, -0.2) is 23.0 Å². The highest BCUT2D eigenvalue weighted by atomic mass is 35.5. The molecule has 2 heterocycles. The maximum Gasteiger partial charge on any atom is 0.252 e. The van der Waals surface area contributed by atoms with Gasteiger partial charge in [-0.05, 0) is 18.9 Å². The van der Waals surface area contributed by atoms with Gasteiger partial charge in [-0.2, -0.15) is 0 Å². The van der Waals surface area contributed by atoms with Gasteiger partial charge in [-0.15, -0.1) is 11.6 Å². The third kappa shape index (κ3) is 2.02. The first-order valence-electron chi connectivity index (χ1n) is 5.21. The van der Waals surface area contributed by atoms with Crippen LogP contribution in [0.2, 0.25) is 0 Å². The van der Waals surface area contributed by atoms with Crippen molar-refractivity contribution in [1.82, 2.24) is 4.57 Å². The number of pyridine rings is 1. The fourth-order valence-corrected chi connectivity index (χ4v) is 2.37. The van der Waals surface area contributed by atoms with E-state index in [1.165, 1.54) is 0 Å². The first-order valence-corrected chi connectivity index (χ1v) is 5.75. The Kier molecular flexibility index (Phi) is 3.00. The first kappa shape index (κ1) is 10.6. The van der Waals surface area contributed by atoms with Gasteiger partial charge >= 0.3 is 0 Å². The topological polar surface area (TPSA) is 25.2 Å². The zero-order valence-corrected chi connectivity index (χ0v) is 9.57. The van der Waals surface area contributed by atoms with E-state index < -0.39 is 0 Å². The standard InChI is InChI=1S/C11H15ClN2O/c1-13-6-4-9(7-11(13)15)14-5-2-3-10(14)8-12/h4,6-7,10H,2-3,5,8H2,1H3. The van der Waals surface area contributed by atoms with Crippen molar-refractivity contribution < 1.29 is 0 Å². The van der Waals surface area contributed by atoms with Crippen molar-refractivity contribution in [3.63, 3.8) is 0 Å². The number of aryl methyl sites for hydroxylation is 1. The van der Waals surface area contributed by atoms with Crippen molar-refractivity contribution in [1.29, 1.82) is 0 Å². The fraction of sp³-hybridized carbons (Fsp3) is 0.545. The number of alkyl halides is 1. The summed E-state index contributed by atoms with van der Waals surface area (Å²) >= 11 is 5.90. The lowest BCUT2D eigenvalue weighted by Gasteiger charge is -2.24. The Hall–Kier alpha value is -0.960. The number of halogens is 1. The third-order valence-electron chi connectivity index (χ3n) is 2.97. The van der Waals surface area contributed by atoms with E-state index >= 15 is 0 Å². The zero-order chi connectivity index (χ0) is 10.8. The maximum atomic E-state index is 11.5. The molecular weight excluding hydrogens is 212 g/mol.